The fourth-order valence-corrected chi connectivity index (χ4v) is 5.68. The lowest BCUT2D eigenvalue weighted by atomic mass is 9.85. The van der Waals surface area contributed by atoms with Crippen molar-refractivity contribution in [2.45, 2.75) is 76.0 Å². The molecule has 2 heterocycles. The second kappa shape index (κ2) is 10.7. The lowest BCUT2D eigenvalue weighted by Crippen LogP contribution is -2.29. The summed E-state index contributed by atoms with van der Waals surface area (Å²) in [4.78, 5) is 25.5. The first kappa shape index (κ1) is 25.6. The number of anilines is 3. The lowest BCUT2D eigenvalue weighted by molar-refractivity contribution is -0.122. The Kier molecular flexibility index (Phi) is 7.43. The summed E-state index contributed by atoms with van der Waals surface area (Å²) in [7, 11) is 0. The molecule has 0 radical (unpaired) electrons. The summed E-state index contributed by atoms with van der Waals surface area (Å²) < 4.78 is 30.1. The van der Waals surface area contributed by atoms with Gasteiger partial charge in [0.05, 0.1) is 23.0 Å². The third-order valence-corrected chi connectivity index (χ3v) is 7.67. The van der Waals surface area contributed by atoms with Crippen LogP contribution in [0.5, 0.6) is 0 Å². The average molecular weight is 534 g/mol. The van der Waals surface area contributed by atoms with E-state index in [1.54, 1.807) is 6.20 Å². The molecule has 3 aromatic rings. The second-order valence-corrected chi connectivity index (χ2v) is 10.4. The van der Waals surface area contributed by atoms with Crippen LogP contribution in [0, 0.1) is 17.6 Å². The SMILES string of the molecule is NC(=O)C1CCC(n2c(Nc3c(F)cc(F)cc3Cl)nc3cnc(N[C@@H]4CCCC[C@H](O)C4)nc32)CC1. The smallest absolute Gasteiger partial charge is 0.224 e. The van der Waals surface area contributed by atoms with Crippen molar-refractivity contribution in [2.75, 3.05) is 10.6 Å². The molecular formula is C25H30ClF2N7O2. The van der Waals surface area contributed by atoms with E-state index in [2.05, 4.69) is 20.6 Å². The Bertz CT molecular complexity index is 1270. The number of primary amides is 1. The minimum absolute atomic E-state index is 0.0436. The van der Waals surface area contributed by atoms with E-state index in [9.17, 15) is 18.7 Å². The monoisotopic (exact) mass is 533 g/mol. The Labute approximate surface area is 217 Å². The van der Waals surface area contributed by atoms with E-state index in [0.29, 0.717) is 55.2 Å². The van der Waals surface area contributed by atoms with E-state index in [4.69, 9.17) is 22.3 Å². The molecule has 9 nitrogen and oxygen atoms in total. The maximum atomic E-state index is 14.6. The van der Waals surface area contributed by atoms with Crippen LogP contribution in [0.15, 0.2) is 18.3 Å². The minimum Gasteiger partial charge on any atom is -0.393 e. The fraction of sp³-hybridized carbons (Fsp3) is 0.520. The van der Waals surface area contributed by atoms with Gasteiger partial charge in [-0.25, -0.2) is 18.7 Å². The van der Waals surface area contributed by atoms with Crippen LogP contribution in [0.2, 0.25) is 5.02 Å². The van der Waals surface area contributed by atoms with E-state index >= 15 is 0 Å². The van der Waals surface area contributed by atoms with Crippen LogP contribution in [0.25, 0.3) is 11.2 Å². The number of nitrogens with two attached hydrogens (primary N) is 1. The maximum Gasteiger partial charge on any atom is 0.224 e. The number of halogens is 3. The molecular weight excluding hydrogens is 504 g/mol. The first-order chi connectivity index (χ1) is 17.8. The van der Waals surface area contributed by atoms with Crippen LogP contribution in [-0.4, -0.2) is 42.7 Å². The number of fused-ring (bicyclic) bond motifs is 1. The van der Waals surface area contributed by atoms with E-state index < -0.39 is 11.6 Å². The Morgan fingerprint density at radius 1 is 1.11 bits per heavy atom. The van der Waals surface area contributed by atoms with Gasteiger partial charge in [0.25, 0.3) is 0 Å². The van der Waals surface area contributed by atoms with Gasteiger partial charge in [0, 0.05) is 24.1 Å². The predicted molar refractivity (Wildman–Crippen MR) is 137 cm³/mol. The van der Waals surface area contributed by atoms with Gasteiger partial charge in [-0.15, -0.1) is 0 Å². The summed E-state index contributed by atoms with van der Waals surface area (Å²) in [6, 6.07) is 1.73. The number of amides is 1. The summed E-state index contributed by atoms with van der Waals surface area (Å²) in [6.07, 6.45) is 8.06. The molecule has 0 aliphatic heterocycles. The van der Waals surface area contributed by atoms with Gasteiger partial charge in [0.15, 0.2) is 11.5 Å². The number of aliphatic hydroxyl groups excluding tert-OH is 1. The molecule has 1 amide bonds. The molecule has 0 saturated heterocycles. The van der Waals surface area contributed by atoms with Gasteiger partial charge in [0.1, 0.15) is 11.3 Å². The van der Waals surface area contributed by atoms with Crippen LogP contribution in [-0.2, 0) is 4.79 Å². The number of imidazole rings is 1. The van der Waals surface area contributed by atoms with Crippen molar-refractivity contribution in [3.63, 3.8) is 0 Å². The van der Waals surface area contributed by atoms with Crippen LogP contribution in [0.1, 0.15) is 63.8 Å². The largest absolute Gasteiger partial charge is 0.393 e. The highest BCUT2D eigenvalue weighted by molar-refractivity contribution is 6.33. The first-order valence-corrected chi connectivity index (χ1v) is 13.1. The zero-order chi connectivity index (χ0) is 26.1. The molecule has 5 rings (SSSR count). The van der Waals surface area contributed by atoms with Gasteiger partial charge < -0.3 is 21.5 Å². The van der Waals surface area contributed by atoms with Gasteiger partial charge in [-0.2, -0.15) is 4.98 Å². The normalized spacial score (nSPS) is 24.5. The Morgan fingerprint density at radius 2 is 1.86 bits per heavy atom. The van der Waals surface area contributed by atoms with Crippen molar-refractivity contribution in [1.82, 2.24) is 19.5 Å². The molecule has 37 heavy (non-hydrogen) atoms. The van der Waals surface area contributed by atoms with Crippen molar-refractivity contribution in [3.05, 3.63) is 35.0 Å². The summed E-state index contributed by atoms with van der Waals surface area (Å²) >= 11 is 6.14. The third-order valence-electron chi connectivity index (χ3n) is 7.37. The summed E-state index contributed by atoms with van der Waals surface area (Å²) in [5.74, 6) is -1.43. The third kappa shape index (κ3) is 5.62. The van der Waals surface area contributed by atoms with Crippen molar-refractivity contribution < 1.29 is 18.7 Å². The molecule has 2 aromatic heterocycles. The highest BCUT2D eigenvalue weighted by Gasteiger charge is 2.30. The van der Waals surface area contributed by atoms with E-state index in [0.717, 1.165) is 37.8 Å². The van der Waals surface area contributed by atoms with Crippen molar-refractivity contribution >= 4 is 46.3 Å². The fourth-order valence-electron chi connectivity index (χ4n) is 5.43. The van der Waals surface area contributed by atoms with Crippen molar-refractivity contribution in [3.8, 4) is 0 Å². The molecule has 2 aliphatic rings. The molecule has 2 fully saturated rings. The van der Waals surface area contributed by atoms with Gasteiger partial charge in [-0.1, -0.05) is 24.4 Å². The number of nitrogens with one attached hydrogen (secondary N) is 2. The topological polar surface area (TPSA) is 131 Å². The van der Waals surface area contributed by atoms with Gasteiger partial charge in [-0.3, -0.25) is 9.36 Å². The van der Waals surface area contributed by atoms with Gasteiger partial charge in [-0.05, 0) is 51.0 Å². The molecule has 198 valence electrons. The zero-order valence-corrected chi connectivity index (χ0v) is 21.0. The lowest BCUT2D eigenvalue weighted by Gasteiger charge is -2.29. The number of nitrogens with zero attached hydrogens (tertiary/aromatic N) is 4. The summed E-state index contributed by atoms with van der Waals surface area (Å²) in [5.41, 5.74) is 6.46. The number of hydrogen-bond donors (Lipinski definition) is 4. The van der Waals surface area contributed by atoms with E-state index in [-0.39, 0.29) is 40.7 Å². The number of aromatic nitrogens is 4. The van der Waals surface area contributed by atoms with Crippen LogP contribution in [0.3, 0.4) is 0 Å². The number of carbonyl (C=O) groups is 1. The van der Waals surface area contributed by atoms with E-state index in [1.807, 2.05) is 4.57 Å². The quantitative estimate of drug-likeness (QED) is 0.334. The summed E-state index contributed by atoms with van der Waals surface area (Å²) in [6.45, 7) is 0. The molecule has 1 aromatic carbocycles. The number of rotatable bonds is 6. The maximum absolute atomic E-state index is 14.6. The van der Waals surface area contributed by atoms with E-state index in [1.165, 1.54) is 0 Å². The molecule has 12 heteroatoms. The van der Waals surface area contributed by atoms with Crippen LogP contribution in [0.4, 0.5) is 26.4 Å². The molecule has 0 bridgehead atoms. The Balaban J connectivity index is 1.51. The van der Waals surface area contributed by atoms with Gasteiger partial charge >= 0.3 is 0 Å². The molecule has 2 atom stereocenters. The molecule has 0 spiro atoms. The zero-order valence-electron chi connectivity index (χ0n) is 20.3. The number of aliphatic hydroxyl groups is 1. The number of hydrogen-bond acceptors (Lipinski definition) is 7. The molecule has 0 unspecified atom stereocenters. The van der Waals surface area contributed by atoms with Crippen molar-refractivity contribution in [1.29, 1.82) is 0 Å². The van der Waals surface area contributed by atoms with Crippen LogP contribution >= 0.6 is 11.6 Å². The molecule has 2 saturated carbocycles. The molecule has 5 N–H and O–H groups in total. The minimum atomic E-state index is -0.846. The Hall–Kier alpha value is -3.05. The van der Waals surface area contributed by atoms with Crippen LogP contribution < -0.4 is 16.4 Å². The number of benzene rings is 1. The predicted octanol–water partition coefficient (Wildman–Crippen LogP) is 4.82. The highest BCUT2D eigenvalue weighted by atomic mass is 35.5. The van der Waals surface area contributed by atoms with Gasteiger partial charge in [0.2, 0.25) is 17.8 Å². The second-order valence-electron chi connectivity index (χ2n) is 10.0. The molecule has 2 aliphatic carbocycles. The van der Waals surface area contributed by atoms with Crippen molar-refractivity contribution in [2.24, 2.45) is 11.7 Å². The number of carbonyl (C=O) groups excluding carboxylic acids is 1. The first-order valence-electron chi connectivity index (χ1n) is 12.7. The highest BCUT2D eigenvalue weighted by Crippen LogP contribution is 2.38. The Morgan fingerprint density at radius 3 is 2.59 bits per heavy atom. The standard InChI is InChI=1S/C25H30ClF2N7O2/c26-18-9-14(27)10-19(28)21(18)33-25-32-20-12-30-24(31-15-3-1-2-4-17(36)11-15)34-23(20)35(25)16-7-5-13(6-8-16)22(29)37/h9-10,12-13,15-17,36H,1-8,11H2,(H2,29,37)(H,32,33)(H,30,31,34)/t13?,15-,16?,17+/m1/s1. The summed E-state index contributed by atoms with van der Waals surface area (Å²) in [5, 5.41) is 16.4. The average Bonchev–Trinajstić information content (AvgIpc) is 3.07.